The molecule has 4 rings (SSSR count). The number of carbonyl (C=O) groups is 2. The van der Waals surface area contributed by atoms with Crippen LogP contribution >= 0.6 is 22.7 Å². The number of nitrogens with two attached hydrogens (primary N) is 1. The highest BCUT2D eigenvalue weighted by Gasteiger charge is 2.39. The maximum atomic E-state index is 14.9. The molecular weight excluding hydrogens is 543 g/mol. The molecule has 3 heterocycles. The predicted molar refractivity (Wildman–Crippen MR) is 124 cm³/mol. The number of amides is 1. The van der Waals surface area contributed by atoms with Crippen LogP contribution in [0.1, 0.15) is 16.7 Å². The Balaban J connectivity index is 1.74. The molecule has 3 aromatic rings. The molecule has 37 heavy (non-hydrogen) atoms. The first-order chi connectivity index (χ1) is 17.5. The first kappa shape index (κ1) is 26.9. The van der Waals surface area contributed by atoms with Crippen LogP contribution < -0.4 is 15.4 Å². The summed E-state index contributed by atoms with van der Waals surface area (Å²) in [5.74, 6) is -5.09. The Hall–Kier alpha value is -3.14. The quantitative estimate of drug-likeness (QED) is 0.364. The van der Waals surface area contributed by atoms with Crippen LogP contribution in [0.5, 0.6) is 0 Å². The molecule has 2 aromatic heterocycles. The first-order valence-electron chi connectivity index (χ1n) is 10.6. The van der Waals surface area contributed by atoms with E-state index in [2.05, 4.69) is 4.99 Å². The maximum absolute atomic E-state index is 14.9. The van der Waals surface area contributed by atoms with Gasteiger partial charge >= 0.3 is 12.1 Å². The third kappa shape index (κ3) is 5.58. The van der Waals surface area contributed by atoms with Crippen LogP contribution in [0.15, 0.2) is 27.9 Å². The minimum Gasteiger partial charge on any atom is -0.443 e. The third-order valence-corrected chi connectivity index (χ3v) is 7.42. The van der Waals surface area contributed by atoms with E-state index in [9.17, 15) is 31.5 Å². The number of hydrogen-bond donors (Lipinski definition) is 1. The SMILES string of the molecule is CN1COCc2c(CC(=O)N=c3scc(-c4ccc(F)c(C(F)(F)F)c4F)n3COC(=O)CN)csc21. The van der Waals surface area contributed by atoms with Gasteiger partial charge in [-0.25, -0.2) is 8.78 Å². The Labute approximate surface area is 214 Å². The lowest BCUT2D eigenvalue weighted by Gasteiger charge is -2.24. The fraction of sp³-hybridized carbons (Fsp3) is 0.318. The van der Waals surface area contributed by atoms with Gasteiger partial charge in [0.25, 0.3) is 5.91 Å². The number of thiazole rings is 1. The highest BCUT2D eigenvalue weighted by atomic mass is 32.1. The Morgan fingerprint density at radius 3 is 2.68 bits per heavy atom. The van der Waals surface area contributed by atoms with Gasteiger partial charge in [0.05, 0.1) is 30.3 Å². The standard InChI is InChI=1S/C22H19F5N4O4S2/c1-30-9-34-6-13-11(7-36-20(13)30)4-16(32)29-21-31(10-35-17(33)5-28)15(8-37-21)12-2-3-14(23)18(19(12)24)22(25,26)27/h2-3,7-8H,4-6,9-10,28H2,1H3. The molecule has 1 aliphatic heterocycles. The van der Waals surface area contributed by atoms with Crippen molar-refractivity contribution in [2.24, 2.45) is 10.7 Å². The van der Waals surface area contributed by atoms with Gasteiger partial charge in [-0.1, -0.05) is 0 Å². The fourth-order valence-electron chi connectivity index (χ4n) is 3.65. The number of esters is 1. The van der Waals surface area contributed by atoms with Crippen LogP contribution in [0.25, 0.3) is 11.3 Å². The molecule has 0 saturated carbocycles. The summed E-state index contributed by atoms with van der Waals surface area (Å²) in [5.41, 5.74) is 3.91. The Kier molecular flexibility index (Phi) is 7.77. The van der Waals surface area contributed by atoms with Gasteiger partial charge in [-0.15, -0.1) is 22.7 Å². The molecule has 0 spiro atoms. The van der Waals surface area contributed by atoms with Gasteiger partial charge in [0.1, 0.15) is 23.9 Å². The summed E-state index contributed by atoms with van der Waals surface area (Å²) in [7, 11) is 1.85. The van der Waals surface area contributed by atoms with Gasteiger partial charge in [0, 0.05) is 23.6 Å². The van der Waals surface area contributed by atoms with Crippen molar-refractivity contribution in [2.45, 2.75) is 25.9 Å². The number of benzene rings is 1. The van der Waals surface area contributed by atoms with Crippen molar-refractivity contribution in [3.63, 3.8) is 0 Å². The summed E-state index contributed by atoms with van der Waals surface area (Å²) in [6.45, 7) is -0.365. The van der Waals surface area contributed by atoms with E-state index < -0.39 is 54.1 Å². The molecule has 8 nitrogen and oxygen atoms in total. The Morgan fingerprint density at radius 1 is 1.22 bits per heavy atom. The number of halogens is 5. The highest BCUT2D eigenvalue weighted by molar-refractivity contribution is 7.14. The minimum atomic E-state index is -5.29. The lowest BCUT2D eigenvalue weighted by atomic mass is 10.1. The number of carbonyl (C=O) groups excluding carboxylic acids is 2. The average molecular weight is 563 g/mol. The fourth-order valence-corrected chi connectivity index (χ4v) is 5.60. The van der Waals surface area contributed by atoms with E-state index in [4.69, 9.17) is 15.2 Å². The minimum absolute atomic E-state index is 0.0698. The topological polar surface area (TPSA) is 99.1 Å². The molecule has 0 saturated heterocycles. The zero-order chi connectivity index (χ0) is 26.9. The van der Waals surface area contributed by atoms with Gasteiger partial charge in [-0.05, 0) is 23.1 Å². The summed E-state index contributed by atoms with van der Waals surface area (Å²) in [6, 6.07) is 1.30. The summed E-state index contributed by atoms with van der Waals surface area (Å²) in [4.78, 5) is 30.3. The van der Waals surface area contributed by atoms with Gasteiger partial charge in [-0.2, -0.15) is 18.2 Å². The molecule has 2 N–H and O–H groups in total. The van der Waals surface area contributed by atoms with Crippen molar-refractivity contribution < 1.29 is 41.0 Å². The third-order valence-electron chi connectivity index (χ3n) is 5.37. The van der Waals surface area contributed by atoms with E-state index in [0.29, 0.717) is 25.0 Å². The van der Waals surface area contributed by atoms with Crippen LogP contribution in [-0.4, -0.2) is 36.8 Å². The van der Waals surface area contributed by atoms with E-state index in [1.807, 2.05) is 17.3 Å². The van der Waals surface area contributed by atoms with Crippen LogP contribution in [0.3, 0.4) is 0 Å². The van der Waals surface area contributed by atoms with Crippen LogP contribution in [0.2, 0.25) is 0 Å². The van der Waals surface area contributed by atoms with E-state index in [-0.39, 0.29) is 16.9 Å². The molecule has 1 aromatic carbocycles. The Morgan fingerprint density at radius 2 is 1.97 bits per heavy atom. The predicted octanol–water partition coefficient (Wildman–Crippen LogP) is 3.63. The monoisotopic (exact) mass is 562 g/mol. The summed E-state index contributed by atoms with van der Waals surface area (Å²) < 4.78 is 80.0. The van der Waals surface area contributed by atoms with Crippen LogP contribution in [-0.2, 0) is 45.0 Å². The number of ether oxygens (including phenoxy) is 2. The molecule has 198 valence electrons. The normalized spacial score (nSPS) is 14.1. The molecule has 1 amide bonds. The number of thiophene rings is 1. The first-order valence-corrected chi connectivity index (χ1v) is 12.3. The zero-order valence-corrected chi connectivity index (χ0v) is 20.7. The summed E-state index contributed by atoms with van der Waals surface area (Å²) in [5, 5.41) is 4.00. The van der Waals surface area contributed by atoms with E-state index in [0.717, 1.165) is 32.5 Å². The van der Waals surface area contributed by atoms with Crippen LogP contribution in [0, 0.1) is 11.6 Å². The number of nitrogens with zero attached hydrogens (tertiary/aromatic N) is 3. The van der Waals surface area contributed by atoms with Crippen molar-refractivity contribution in [3.05, 3.63) is 56.0 Å². The van der Waals surface area contributed by atoms with Crippen molar-refractivity contribution in [2.75, 3.05) is 25.2 Å². The summed E-state index contributed by atoms with van der Waals surface area (Å²) in [6.07, 6.45) is -5.39. The average Bonchev–Trinajstić information content (AvgIpc) is 3.41. The smallest absolute Gasteiger partial charge is 0.422 e. The largest absolute Gasteiger partial charge is 0.443 e. The molecule has 0 bridgehead atoms. The molecule has 1 aliphatic rings. The lowest BCUT2D eigenvalue weighted by Crippen LogP contribution is -2.26. The number of hydrogen-bond acceptors (Lipinski definition) is 8. The number of alkyl halides is 3. The Bertz CT molecular complexity index is 1410. The second-order valence-corrected chi connectivity index (χ2v) is 9.56. The zero-order valence-electron chi connectivity index (χ0n) is 19.1. The van der Waals surface area contributed by atoms with Gasteiger partial charge < -0.3 is 20.1 Å². The second kappa shape index (κ2) is 10.7. The van der Waals surface area contributed by atoms with E-state index in [1.165, 1.54) is 16.7 Å². The van der Waals surface area contributed by atoms with Gasteiger partial charge in [0.15, 0.2) is 11.5 Å². The lowest BCUT2D eigenvalue weighted by molar-refractivity contribution is -0.145. The molecule has 0 atom stereocenters. The molecule has 15 heteroatoms. The molecule has 0 fully saturated rings. The molecule has 0 radical (unpaired) electrons. The van der Waals surface area contributed by atoms with Crippen molar-refractivity contribution in [1.82, 2.24) is 4.57 Å². The van der Waals surface area contributed by atoms with Gasteiger partial charge in [-0.3, -0.25) is 14.2 Å². The molecule has 0 aliphatic carbocycles. The van der Waals surface area contributed by atoms with Crippen molar-refractivity contribution in [1.29, 1.82) is 0 Å². The van der Waals surface area contributed by atoms with Gasteiger partial charge in [0.2, 0.25) is 0 Å². The molecular formula is C22H19F5N4O4S2. The van der Waals surface area contributed by atoms with Crippen LogP contribution in [0.4, 0.5) is 27.0 Å². The second-order valence-electron chi connectivity index (χ2n) is 7.87. The number of aromatic nitrogens is 1. The maximum Gasteiger partial charge on any atom is 0.422 e. The van der Waals surface area contributed by atoms with E-state index >= 15 is 0 Å². The van der Waals surface area contributed by atoms with Crippen molar-refractivity contribution in [3.8, 4) is 11.3 Å². The summed E-state index contributed by atoms with van der Waals surface area (Å²) >= 11 is 2.26. The van der Waals surface area contributed by atoms with Crippen molar-refractivity contribution >= 4 is 39.6 Å². The number of fused-ring (bicyclic) bond motifs is 1. The highest BCUT2D eigenvalue weighted by Crippen LogP contribution is 2.38. The van der Waals surface area contributed by atoms with E-state index in [1.54, 1.807) is 0 Å². The number of rotatable bonds is 6. The molecule has 0 unspecified atom stereocenters. The number of anilines is 1.